The first kappa shape index (κ1) is 26.4. The van der Waals surface area contributed by atoms with Crippen LogP contribution in [0.2, 0.25) is 0 Å². The first-order chi connectivity index (χ1) is 19.4. The number of hydrogen-bond donors (Lipinski definition) is 2. The van der Waals surface area contributed by atoms with Gasteiger partial charge in [-0.2, -0.15) is 0 Å². The van der Waals surface area contributed by atoms with Crippen molar-refractivity contribution in [2.24, 2.45) is 0 Å². The number of anilines is 1. The van der Waals surface area contributed by atoms with E-state index in [0.717, 1.165) is 57.4 Å². The predicted octanol–water partition coefficient (Wildman–Crippen LogP) is 6.96. The van der Waals surface area contributed by atoms with Crippen molar-refractivity contribution in [1.29, 1.82) is 0 Å². The fourth-order valence-electron chi connectivity index (χ4n) is 5.77. The number of benzene rings is 4. The summed E-state index contributed by atoms with van der Waals surface area (Å²) in [5, 5.41) is 12.4. The maximum atomic E-state index is 13.8. The zero-order chi connectivity index (χ0) is 27.8. The molecule has 204 valence electrons. The molecule has 1 aliphatic rings. The molecule has 1 atom stereocenters. The predicted molar refractivity (Wildman–Crippen MR) is 164 cm³/mol. The maximum absolute atomic E-state index is 13.8. The minimum atomic E-state index is -0.125. The molecule has 4 aromatic carbocycles. The highest BCUT2D eigenvalue weighted by Gasteiger charge is 2.35. The van der Waals surface area contributed by atoms with Crippen LogP contribution in [0.1, 0.15) is 40.2 Å². The molecule has 0 saturated carbocycles. The lowest BCUT2D eigenvalue weighted by Gasteiger charge is -2.18. The summed E-state index contributed by atoms with van der Waals surface area (Å²) in [6.07, 6.45) is 3.42. The number of halogens is 1. The van der Waals surface area contributed by atoms with Crippen LogP contribution in [0.25, 0.3) is 33.2 Å². The summed E-state index contributed by atoms with van der Waals surface area (Å²) in [6, 6.07) is 23.5. The summed E-state index contributed by atoms with van der Waals surface area (Å²) in [6.45, 7) is 1.58. The Morgan fingerprint density at radius 2 is 1.82 bits per heavy atom. The fraction of sp³-hybridized carbons (Fsp3) is 0.273. The molecule has 0 bridgehead atoms. The number of rotatable bonds is 8. The van der Waals surface area contributed by atoms with Crippen LogP contribution in [-0.2, 0) is 6.42 Å². The number of nitrogens with zero attached hydrogens (tertiary/aromatic N) is 3. The van der Waals surface area contributed by atoms with Gasteiger partial charge in [0, 0.05) is 40.9 Å². The van der Waals surface area contributed by atoms with Gasteiger partial charge in [-0.05, 0) is 74.6 Å². The molecule has 40 heavy (non-hydrogen) atoms. The third-order valence-electron chi connectivity index (χ3n) is 7.85. The zero-order valence-corrected chi connectivity index (χ0v) is 23.6. The minimum Gasteiger partial charge on any atom is -0.507 e. The molecule has 0 spiro atoms. The van der Waals surface area contributed by atoms with Gasteiger partial charge in [-0.25, -0.2) is 4.98 Å². The second kappa shape index (κ2) is 11.0. The topological polar surface area (TPSA) is 72.5 Å². The number of phenols is 1. The van der Waals surface area contributed by atoms with Crippen molar-refractivity contribution in [3.8, 4) is 17.1 Å². The van der Waals surface area contributed by atoms with Crippen molar-refractivity contribution in [2.45, 2.75) is 25.2 Å². The number of aryl methyl sites for hydroxylation is 1. The molecule has 7 heteroatoms. The number of H-pyrrole nitrogens is 1. The van der Waals surface area contributed by atoms with Gasteiger partial charge in [-0.1, -0.05) is 48.5 Å². The molecule has 1 aliphatic heterocycles. The van der Waals surface area contributed by atoms with Crippen LogP contribution in [0.15, 0.2) is 72.8 Å². The van der Waals surface area contributed by atoms with Crippen molar-refractivity contribution in [2.75, 3.05) is 38.0 Å². The number of hydrogen-bond acceptors (Lipinski definition) is 4. The molecule has 2 heterocycles. The Labute approximate surface area is 239 Å². The van der Waals surface area contributed by atoms with Crippen LogP contribution in [-0.4, -0.2) is 58.9 Å². The summed E-state index contributed by atoms with van der Waals surface area (Å²) in [4.78, 5) is 25.9. The largest absolute Gasteiger partial charge is 0.507 e. The van der Waals surface area contributed by atoms with E-state index in [9.17, 15) is 9.90 Å². The number of phenolic OH excluding ortho intramolecular Hbond substituents is 1. The Balaban J connectivity index is 1.25. The molecule has 1 amide bonds. The van der Waals surface area contributed by atoms with E-state index < -0.39 is 0 Å². The molecule has 6 rings (SSSR count). The number of carbonyl (C=O) groups excluding carboxylic acids is 1. The van der Waals surface area contributed by atoms with Gasteiger partial charge in [-0.3, -0.25) is 4.79 Å². The van der Waals surface area contributed by atoms with Crippen molar-refractivity contribution < 1.29 is 9.90 Å². The maximum Gasteiger partial charge on any atom is 0.258 e. The average Bonchev–Trinajstić information content (AvgIpc) is 3.56. The number of imidazole rings is 1. The summed E-state index contributed by atoms with van der Waals surface area (Å²) in [5.74, 6) is 1.20. The molecule has 1 aromatic heterocycles. The molecule has 2 N–H and O–H groups in total. The lowest BCUT2D eigenvalue weighted by Crippen LogP contribution is -2.30. The van der Waals surface area contributed by atoms with Crippen molar-refractivity contribution in [1.82, 2.24) is 14.9 Å². The molecule has 0 saturated heterocycles. The number of aromatic amines is 1. The van der Waals surface area contributed by atoms with E-state index in [-0.39, 0.29) is 17.6 Å². The third-order valence-corrected chi connectivity index (χ3v) is 8.23. The van der Waals surface area contributed by atoms with Crippen molar-refractivity contribution in [3.05, 3.63) is 89.5 Å². The number of carbonyl (C=O) groups is 1. The average molecular weight is 553 g/mol. The molecular formula is C33H33ClN4O2. The first-order valence-corrected chi connectivity index (χ1v) is 14.3. The van der Waals surface area contributed by atoms with Crippen molar-refractivity contribution >= 4 is 45.0 Å². The van der Waals surface area contributed by atoms with Gasteiger partial charge in [-0.15, -0.1) is 11.6 Å². The molecule has 0 unspecified atom stereocenters. The second-order valence-electron chi connectivity index (χ2n) is 10.9. The van der Waals surface area contributed by atoms with Gasteiger partial charge in [0.15, 0.2) is 0 Å². The Bertz CT molecular complexity index is 1690. The van der Waals surface area contributed by atoms with Gasteiger partial charge in [0.05, 0.1) is 16.7 Å². The van der Waals surface area contributed by atoms with E-state index in [0.29, 0.717) is 18.0 Å². The summed E-state index contributed by atoms with van der Waals surface area (Å²) in [7, 11) is 4.22. The molecule has 0 aliphatic carbocycles. The fourth-order valence-corrected chi connectivity index (χ4v) is 6.02. The molecule has 5 aromatic rings. The highest BCUT2D eigenvalue weighted by molar-refractivity contribution is 6.19. The Hall–Kier alpha value is -3.87. The monoisotopic (exact) mass is 552 g/mol. The van der Waals surface area contributed by atoms with Crippen LogP contribution >= 0.6 is 11.6 Å². The number of aromatic nitrogens is 2. The smallest absolute Gasteiger partial charge is 0.258 e. The highest BCUT2D eigenvalue weighted by atomic mass is 35.5. The van der Waals surface area contributed by atoms with Gasteiger partial charge >= 0.3 is 0 Å². The summed E-state index contributed by atoms with van der Waals surface area (Å²) in [5.41, 5.74) is 6.26. The second-order valence-corrected chi connectivity index (χ2v) is 11.2. The number of alkyl halides is 1. The normalized spacial score (nSPS) is 14.9. The Kier molecular flexibility index (Phi) is 7.22. The van der Waals surface area contributed by atoms with E-state index >= 15 is 0 Å². The lowest BCUT2D eigenvalue weighted by atomic mass is 9.95. The van der Waals surface area contributed by atoms with Crippen LogP contribution in [0.4, 0.5) is 5.69 Å². The lowest BCUT2D eigenvalue weighted by molar-refractivity contribution is 0.0988. The number of fused-ring (bicyclic) bond motifs is 4. The zero-order valence-electron chi connectivity index (χ0n) is 22.8. The van der Waals surface area contributed by atoms with E-state index in [1.807, 2.05) is 42.5 Å². The number of amides is 1. The minimum absolute atomic E-state index is 0.00967. The van der Waals surface area contributed by atoms with Crippen LogP contribution in [0.5, 0.6) is 5.75 Å². The first-order valence-electron chi connectivity index (χ1n) is 13.8. The van der Waals surface area contributed by atoms with E-state index in [2.05, 4.69) is 48.2 Å². The number of nitrogens with one attached hydrogen (secondary N) is 1. The van der Waals surface area contributed by atoms with Crippen molar-refractivity contribution in [3.63, 3.8) is 0 Å². The quantitative estimate of drug-likeness (QED) is 0.161. The van der Waals surface area contributed by atoms with Crippen LogP contribution < -0.4 is 4.90 Å². The van der Waals surface area contributed by atoms with Crippen LogP contribution in [0.3, 0.4) is 0 Å². The van der Waals surface area contributed by atoms with Gasteiger partial charge in [0.25, 0.3) is 5.91 Å². The van der Waals surface area contributed by atoms with Gasteiger partial charge in [0.1, 0.15) is 11.6 Å². The van der Waals surface area contributed by atoms with E-state index in [1.165, 1.54) is 18.4 Å². The Morgan fingerprint density at radius 3 is 2.58 bits per heavy atom. The van der Waals surface area contributed by atoms with Gasteiger partial charge < -0.3 is 19.9 Å². The number of aromatic hydroxyl groups is 1. The summed E-state index contributed by atoms with van der Waals surface area (Å²) < 4.78 is 0. The molecular weight excluding hydrogens is 520 g/mol. The molecule has 0 fully saturated rings. The highest BCUT2D eigenvalue weighted by Crippen LogP contribution is 2.45. The standard InChI is InChI=1S/C33H33ClN4O2/c1-37(2)16-6-5-7-21-10-12-22(13-11-21)32-35-27-15-14-23(17-28(27)36-32)33(40)38-20-24(19-34)31-26-9-4-3-8-25(26)30(39)18-29(31)38/h3-4,8-15,17-18,24,39H,5-7,16,19-20H2,1-2H3,(H,35,36)/t24-/m1/s1. The van der Waals surface area contributed by atoms with E-state index in [4.69, 9.17) is 16.6 Å². The molecule has 0 radical (unpaired) electrons. The summed E-state index contributed by atoms with van der Waals surface area (Å²) >= 11 is 6.37. The SMILES string of the molecule is CN(C)CCCCc1ccc(-c2nc3ccc(C(=O)N4C[C@@H](CCl)c5c4cc(O)c4ccccc54)cc3[nH]2)cc1. The number of unbranched alkanes of at least 4 members (excludes halogenated alkanes) is 1. The van der Waals surface area contributed by atoms with E-state index in [1.54, 1.807) is 11.0 Å². The Morgan fingerprint density at radius 1 is 1.05 bits per heavy atom. The van der Waals surface area contributed by atoms with Crippen LogP contribution in [0, 0.1) is 0 Å². The molecule has 6 nitrogen and oxygen atoms in total. The van der Waals surface area contributed by atoms with Gasteiger partial charge in [0.2, 0.25) is 0 Å². The third kappa shape index (κ3) is 4.93.